The number of piperidine rings is 1. The Hall–Kier alpha value is -1.95. The second-order valence-electron chi connectivity index (χ2n) is 6.24. The number of amides is 4. The molecular weight excluding hydrogens is 328 g/mol. The lowest BCUT2D eigenvalue weighted by Gasteiger charge is -2.34. The first-order chi connectivity index (χ1) is 11.6. The van der Waals surface area contributed by atoms with Gasteiger partial charge in [0.15, 0.2) is 0 Å². The Labute approximate surface area is 147 Å². The number of hydrogen-bond donors (Lipinski definition) is 2. The molecule has 0 spiro atoms. The minimum absolute atomic E-state index is 0.00907. The van der Waals surface area contributed by atoms with Crippen molar-refractivity contribution in [1.82, 2.24) is 15.5 Å². The first kappa shape index (κ1) is 16.9. The van der Waals surface area contributed by atoms with Crippen LogP contribution in [0.4, 0.5) is 15.3 Å². The van der Waals surface area contributed by atoms with E-state index in [-0.39, 0.29) is 18.1 Å². The van der Waals surface area contributed by atoms with E-state index in [0.29, 0.717) is 24.7 Å². The van der Waals surface area contributed by atoms with Crippen molar-refractivity contribution in [3.63, 3.8) is 0 Å². The lowest BCUT2D eigenvalue weighted by molar-refractivity contribution is 0.173. The molecule has 6 nitrogen and oxygen atoms in total. The number of carbonyl (C=O) groups is 2. The highest BCUT2D eigenvalue weighted by molar-refractivity contribution is 6.30. The number of halogens is 1. The van der Waals surface area contributed by atoms with E-state index in [1.165, 1.54) is 0 Å². The molecular formula is C17H23ClN4O2. The van der Waals surface area contributed by atoms with Crippen molar-refractivity contribution in [1.29, 1.82) is 0 Å². The SMILES string of the molecule is CCNC(=O)N1CCCC(NC(=O)N2CCc3cc(Cl)ccc32)C1. The fourth-order valence-electron chi connectivity index (χ4n) is 3.38. The number of nitrogens with one attached hydrogen (secondary N) is 2. The van der Waals surface area contributed by atoms with Gasteiger partial charge in [0.2, 0.25) is 0 Å². The van der Waals surface area contributed by atoms with Crippen LogP contribution in [0.3, 0.4) is 0 Å². The average Bonchev–Trinajstić information content (AvgIpc) is 2.98. The van der Waals surface area contributed by atoms with E-state index >= 15 is 0 Å². The van der Waals surface area contributed by atoms with Gasteiger partial charge in [-0.1, -0.05) is 11.6 Å². The Kier molecular flexibility index (Phi) is 5.14. The third kappa shape index (κ3) is 3.59. The van der Waals surface area contributed by atoms with Crippen molar-refractivity contribution >= 4 is 29.4 Å². The summed E-state index contributed by atoms with van der Waals surface area (Å²) in [6.45, 7) is 4.47. The molecule has 1 atom stereocenters. The molecule has 2 aliphatic heterocycles. The smallest absolute Gasteiger partial charge is 0.322 e. The summed E-state index contributed by atoms with van der Waals surface area (Å²) in [4.78, 5) is 28.1. The Bertz CT molecular complexity index is 637. The Morgan fingerprint density at radius 1 is 1.29 bits per heavy atom. The summed E-state index contributed by atoms with van der Waals surface area (Å²) in [5.74, 6) is 0. The molecule has 0 saturated carbocycles. The molecule has 7 heteroatoms. The molecule has 1 aromatic carbocycles. The zero-order valence-electron chi connectivity index (χ0n) is 13.8. The number of carbonyl (C=O) groups excluding carboxylic acids is 2. The average molecular weight is 351 g/mol. The van der Waals surface area contributed by atoms with E-state index in [4.69, 9.17) is 11.6 Å². The van der Waals surface area contributed by atoms with Gasteiger partial charge in [0.05, 0.1) is 0 Å². The van der Waals surface area contributed by atoms with E-state index in [9.17, 15) is 9.59 Å². The van der Waals surface area contributed by atoms with Gasteiger partial charge in [0, 0.05) is 42.9 Å². The predicted octanol–water partition coefficient (Wildman–Crippen LogP) is 2.61. The van der Waals surface area contributed by atoms with E-state index in [1.807, 2.05) is 25.1 Å². The summed E-state index contributed by atoms with van der Waals surface area (Å²) in [5, 5.41) is 6.58. The van der Waals surface area contributed by atoms with Gasteiger partial charge in [-0.15, -0.1) is 0 Å². The summed E-state index contributed by atoms with van der Waals surface area (Å²) < 4.78 is 0. The zero-order chi connectivity index (χ0) is 17.1. The monoisotopic (exact) mass is 350 g/mol. The summed E-state index contributed by atoms with van der Waals surface area (Å²) in [5.41, 5.74) is 2.03. The van der Waals surface area contributed by atoms with E-state index in [1.54, 1.807) is 9.80 Å². The van der Waals surface area contributed by atoms with Gasteiger partial charge < -0.3 is 15.5 Å². The number of likely N-dealkylation sites (tertiary alicyclic amines) is 1. The highest BCUT2D eigenvalue weighted by atomic mass is 35.5. The standard InChI is InChI=1S/C17H23ClN4O2/c1-2-19-16(23)21-8-3-4-14(11-21)20-17(24)22-9-7-12-10-13(18)5-6-15(12)22/h5-6,10,14H,2-4,7-9,11H2,1H3,(H,19,23)(H,20,24). The molecule has 1 saturated heterocycles. The molecule has 4 amide bonds. The van der Waals surface area contributed by atoms with Gasteiger partial charge in [-0.2, -0.15) is 0 Å². The number of benzene rings is 1. The molecule has 0 aromatic heterocycles. The molecule has 24 heavy (non-hydrogen) atoms. The first-order valence-corrected chi connectivity index (χ1v) is 8.85. The molecule has 0 aliphatic carbocycles. The summed E-state index contributed by atoms with van der Waals surface area (Å²) in [7, 11) is 0. The molecule has 130 valence electrons. The van der Waals surface area contributed by atoms with Crippen LogP contribution in [0.15, 0.2) is 18.2 Å². The maximum absolute atomic E-state index is 12.6. The highest BCUT2D eigenvalue weighted by Gasteiger charge is 2.29. The zero-order valence-corrected chi connectivity index (χ0v) is 14.6. The molecule has 2 aliphatic rings. The molecule has 0 radical (unpaired) electrons. The number of fused-ring (bicyclic) bond motifs is 1. The minimum Gasteiger partial charge on any atom is -0.338 e. The van der Waals surface area contributed by atoms with Crippen LogP contribution in [0.2, 0.25) is 5.02 Å². The second-order valence-corrected chi connectivity index (χ2v) is 6.68. The van der Waals surface area contributed by atoms with E-state index < -0.39 is 0 Å². The van der Waals surface area contributed by atoms with Crippen LogP contribution < -0.4 is 15.5 Å². The molecule has 3 rings (SSSR count). The lowest BCUT2D eigenvalue weighted by Crippen LogP contribution is -2.54. The van der Waals surface area contributed by atoms with Crippen molar-refractivity contribution in [3.8, 4) is 0 Å². The molecule has 2 heterocycles. The molecule has 1 fully saturated rings. The molecule has 1 unspecified atom stereocenters. The van der Waals surface area contributed by atoms with Gasteiger partial charge in [-0.3, -0.25) is 4.90 Å². The van der Waals surface area contributed by atoms with Crippen LogP contribution in [0.1, 0.15) is 25.3 Å². The van der Waals surface area contributed by atoms with Crippen LogP contribution in [0.5, 0.6) is 0 Å². The number of rotatable bonds is 2. The van der Waals surface area contributed by atoms with E-state index in [0.717, 1.165) is 37.1 Å². The van der Waals surface area contributed by atoms with Gasteiger partial charge in [0.25, 0.3) is 0 Å². The number of urea groups is 2. The fourth-order valence-corrected chi connectivity index (χ4v) is 3.57. The maximum atomic E-state index is 12.6. The van der Waals surface area contributed by atoms with Crippen molar-refractivity contribution in [2.24, 2.45) is 0 Å². The van der Waals surface area contributed by atoms with Gasteiger partial charge >= 0.3 is 12.1 Å². The third-order valence-electron chi connectivity index (χ3n) is 4.55. The number of hydrogen-bond acceptors (Lipinski definition) is 2. The predicted molar refractivity (Wildman–Crippen MR) is 94.7 cm³/mol. The Balaban J connectivity index is 1.61. The Morgan fingerprint density at radius 3 is 2.92 bits per heavy atom. The van der Waals surface area contributed by atoms with Crippen LogP contribution in [0.25, 0.3) is 0 Å². The van der Waals surface area contributed by atoms with Crippen molar-refractivity contribution < 1.29 is 9.59 Å². The summed E-state index contributed by atoms with van der Waals surface area (Å²) in [6.07, 6.45) is 2.61. The van der Waals surface area contributed by atoms with Crippen LogP contribution >= 0.6 is 11.6 Å². The molecule has 0 bridgehead atoms. The van der Waals surface area contributed by atoms with Gasteiger partial charge in [0.1, 0.15) is 0 Å². The minimum atomic E-state index is -0.0983. The summed E-state index contributed by atoms with van der Waals surface area (Å²) >= 11 is 6.02. The maximum Gasteiger partial charge on any atom is 0.322 e. The van der Waals surface area contributed by atoms with Crippen LogP contribution in [-0.2, 0) is 6.42 Å². The quantitative estimate of drug-likeness (QED) is 0.861. The molecule has 1 aromatic rings. The van der Waals surface area contributed by atoms with Gasteiger partial charge in [-0.25, -0.2) is 9.59 Å². The van der Waals surface area contributed by atoms with Gasteiger partial charge in [-0.05, 0) is 49.9 Å². The van der Waals surface area contributed by atoms with Crippen molar-refractivity contribution in [2.45, 2.75) is 32.2 Å². The van der Waals surface area contributed by atoms with Crippen LogP contribution in [-0.4, -0.2) is 49.2 Å². The topological polar surface area (TPSA) is 64.7 Å². The van der Waals surface area contributed by atoms with Crippen LogP contribution in [0, 0.1) is 0 Å². The lowest BCUT2D eigenvalue weighted by atomic mass is 10.1. The fraction of sp³-hybridized carbons (Fsp3) is 0.529. The largest absolute Gasteiger partial charge is 0.338 e. The number of anilines is 1. The van der Waals surface area contributed by atoms with Crippen molar-refractivity contribution in [3.05, 3.63) is 28.8 Å². The van der Waals surface area contributed by atoms with E-state index in [2.05, 4.69) is 10.6 Å². The summed E-state index contributed by atoms with van der Waals surface area (Å²) in [6, 6.07) is 5.46. The first-order valence-electron chi connectivity index (χ1n) is 8.47. The highest BCUT2D eigenvalue weighted by Crippen LogP contribution is 2.30. The second kappa shape index (κ2) is 7.30. The Morgan fingerprint density at radius 2 is 2.12 bits per heavy atom. The normalized spacial score (nSPS) is 19.8. The molecule has 2 N–H and O–H groups in total. The van der Waals surface area contributed by atoms with Crippen molar-refractivity contribution in [2.75, 3.05) is 31.1 Å². The number of nitrogens with zero attached hydrogens (tertiary/aromatic N) is 2. The third-order valence-corrected chi connectivity index (χ3v) is 4.78.